The molecule has 1 heterocycles. The van der Waals surface area contributed by atoms with Crippen LogP contribution in [0.2, 0.25) is 5.02 Å². The van der Waals surface area contributed by atoms with Crippen molar-refractivity contribution in [3.05, 3.63) is 51.5 Å². The Balaban J connectivity index is 2.02. The summed E-state index contributed by atoms with van der Waals surface area (Å²) in [5.74, 6) is 0.525. The van der Waals surface area contributed by atoms with Crippen molar-refractivity contribution in [1.29, 1.82) is 0 Å². The van der Waals surface area contributed by atoms with Crippen LogP contribution in [0.25, 0.3) is 0 Å². The molecule has 29 heavy (non-hydrogen) atoms. The molecule has 0 saturated heterocycles. The number of benzene rings is 2. The molecule has 0 fully saturated rings. The summed E-state index contributed by atoms with van der Waals surface area (Å²) in [5, 5.41) is 10.7. The first-order valence-electron chi connectivity index (χ1n) is 8.13. The lowest BCUT2D eigenvalue weighted by Gasteiger charge is -2.18. The first kappa shape index (κ1) is 21.3. The van der Waals surface area contributed by atoms with Crippen LogP contribution in [0.3, 0.4) is 0 Å². The van der Waals surface area contributed by atoms with E-state index in [0.717, 1.165) is 19.2 Å². The molecule has 0 bridgehead atoms. The third kappa shape index (κ3) is 4.01. The van der Waals surface area contributed by atoms with Gasteiger partial charge in [-0.25, -0.2) is 16.8 Å². The minimum absolute atomic E-state index is 0.145. The lowest BCUT2D eigenvalue weighted by molar-refractivity contribution is -0.384. The highest BCUT2D eigenvalue weighted by atomic mass is 35.5. The Morgan fingerprint density at radius 2 is 1.52 bits per heavy atom. The van der Waals surface area contributed by atoms with Crippen molar-refractivity contribution in [2.24, 2.45) is 0 Å². The smallest absolute Gasteiger partial charge is 0.289 e. The number of nitro benzene ring substituents is 1. The summed E-state index contributed by atoms with van der Waals surface area (Å²) in [6, 6.07) is 6.45. The molecule has 0 aliphatic carbocycles. The molecule has 0 aromatic heterocycles. The van der Waals surface area contributed by atoms with Crippen molar-refractivity contribution >= 4 is 37.3 Å². The zero-order valence-electron chi connectivity index (χ0n) is 14.9. The molecular formula is C16H15ClN2O8S2. The fourth-order valence-electron chi connectivity index (χ4n) is 2.52. The number of nitrogens with zero attached hydrogens (tertiary/aromatic N) is 2. The second-order valence-electron chi connectivity index (χ2n) is 5.92. The molecule has 1 aliphatic heterocycles. The van der Waals surface area contributed by atoms with Gasteiger partial charge in [0.1, 0.15) is 5.02 Å². The highest BCUT2D eigenvalue weighted by Gasteiger charge is 2.35. The molecule has 1 aliphatic rings. The Hall–Kier alpha value is -2.41. The monoisotopic (exact) mass is 462 g/mol. The van der Waals surface area contributed by atoms with Crippen LogP contribution in [0.4, 0.5) is 5.69 Å². The van der Waals surface area contributed by atoms with Gasteiger partial charge in [0.2, 0.25) is 0 Å². The summed E-state index contributed by atoms with van der Waals surface area (Å²) in [4.78, 5) is 9.24. The van der Waals surface area contributed by atoms with Crippen molar-refractivity contribution in [2.75, 3.05) is 20.3 Å². The normalized spacial score (nSPS) is 14.4. The van der Waals surface area contributed by atoms with Crippen LogP contribution in [0.5, 0.6) is 11.5 Å². The predicted octanol–water partition coefficient (Wildman–Crippen LogP) is 2.42. The first-order valence-corrected chi connectivity index (χ1v) is 11.4. The Bertz CT molecular complexity index is 1180. The summed E-state index contributed by atoms with van der Waals surface area (Å²) in [5.41, 5.74) is -0.658. The minimum Gasteiger partial charge on any atom is -0.490 e. The van der Waals surface area contributed by atoms with E-state index in [1.807, 2.05) is 0 Å². The quantitative estimate of drug-likeness (QED) is 0.488. The molecule has 2 aromatic rings. The SMILES string of the molecule is CN(S(=O)(=O)c1ccc2c(c1)OCCCO2)S(=O)(=O)c1ccc(Cl)c([N+](=O)[O-])c1. The van der Waals surface area contributed by atoms with Gasteiger partial charge >= 0.3 is 0 Å². The van der Waals surface area contributed by atoms with Crippen molar-refractivity contribution < 1.29 is 31.2 Å². The molecule has 3 rings (SSSR count). The maximum Gasteiger partial charge on any atom is 0.289 e. The highest BCUT2D eigenvalue weighted by molar-refractivity contribution is 8.04. The lowest BCUT2D eigenvalue weighted by Crippen LogP contribution is -2.33. The summed E-state index contributed by atoms with van der Waals surface area (Å²) < 4.78 is 62.4. The van der Waals surface area contributed by atoms with E-state index in [0.29, 0.717) is 31.5 Å². The van der Waals surface area contributed by atoms with Gasteiger partial charge in [-0.15, -0.1) is 0 Å². The second-order valence-corrected chi connectivity index (χ2v) is 10.5. The molecule has 0 unspecified atom stereocenters. The zero-order valence-corrected chi connectivity index (χ0v) is 17.3. The first-order chi connectivity index (χ1) is 13.5. The van der Waals surface area contributed by atoms with Crippen LogP contribution in [-0.4, -0.2) is 45.7 Å². The van der Waals surface area contributed by atoms with Crippen LogP contribution in [0.1, 0.15) is 6.42 Å². The van der Waals surface area contributed by atoms with Gasteiger partial charge < -0.3 is 9.47 Å². The van der Waals surface area contributed by atoms with E-state index in [1.165, 1.54) is 18.2 Å². The molecule has 156 valence electrons. The van der Waals surface area contributed by atoms with E-state index in [1.54, 1.807) is 0 Å². The van der Waals surface area contributed by atoms with E-state index in [-0.39, 0.29) is 19.4 Å². The van der Waals surface area contributed by atoms with Gasteiger partial charge in [0, 0.05) is 25.6 Å². The number of sulfonamides is 2. The molecule has 0 N–H and O–H groups in total. The van der Waals surface area contributed by atoms with Gasteiger partial charge in [0.05, 0.1) is 27.9 Å². The van der Waals surface area contributed by atoms with Gasteiger partial charge in [-0.05, 0) is 24.3 Å². The standard InChI is InChI=1S/C16H15ClN2O8S2/c1-18(28(22,23)11-3-5-13(17)14(9-11)19(20)21)29(24,25)12-4-6-15-16(10-12)27-8-2-7-26-15/h3-6,9-10H,2,7-8H2,1H3. The number of fused-ring (bicyclic) bond motifs is 1. The van der Waals surface area contributed by atoms with Crippen LogP contribution in [-0.2, 0) is 20.0 Å². The summed E-state index contributed by atoms with van der Waals surface area (Å²) >= 11 is 5.69. The molecule has 10 nitrogen and oxygen atoms in total. The Labute approximate surface area is 171 Å². The summed E-state index contributed by atoms with van der Waals surface area (Å²) in [7, 11) is -8.32. The van der Waals surface area contributed by atoms with Gasteiger partial charge in [-0.1, -0.05) is 15.3 Å². The van der Waals surface area contributed by atoms with E-state index in [2.05, 4.69) is 0 Å². The third-order valence-electron chi connectivity index (χ3n) is 4.11. The van der Waals surface area contributed by atoms with Crippen molar-refractivity contribution in [1.82, 2.24) is 3.71 Å². The number of halogens is 1. The van der Waals surface area contributed by atoms with E-state index in [4.69, 9.17) is 21.1 Å². The van der Waals surface area contributed by atoms with Gasteiger partial charge in [-0.3, -0.25) is 10.1 Å². The van der Waals surface area contributed by atoms with E-state index >= 15 is 0 Å². The molecule has 0 atom stereocenters. The molecule has 0 radical (unpaired) electrons. The Kier molecular flexibility index (Phi) is 5.72. The van der Waals surface area contributed by atoms with Crippen LogP contribution < -0.4 is 9.47 Å². The van der Waals surface area contributed by atoms with Crippen molar-refractivity contribution in [2.45, 2.75) is 16.2 Å². The second kappa shape index (κ2) is 7.78. The third-order valence-corrected chi connectivity index (χ3v) is 8.66. The van der Waals surface area contributed by atoms with Crippen molar-refractivity contribution in [3.63, 3.8) is 0 Å². The fraction of sp³-hybridized carbons (Fsp3) is 0.250. The molecular weight excluding hydrogens is 448 g/mol. The Morgan fingerprint density at radius 1 is 0.966 bits per heavy atom. The molecule has 0 spiro atoms. The molecule has 0 amide bonds. The maximum atomic E-state index is 12.9. The Morgan fingerprint density at radius 3 is 2.14 bits per heavy atom. The van der Waals surface area contributed by atoms with Crippen LogP contribution >= 0.6 is 11.6 Å². The van der Waals surface area contributed by atoms with Crippen LogP contribution in [0.15, 0.2) is 46.2 Å². The van der Waals surface area contributed by atoms with Crippen molar-refractivity contribution in [3.8, 4) is 11.5 Å². The molecule has 0 saturated carbocycles. The number of hydrogen-bond donors (Lipinski definition) is 0. The van der Waals surface area contributed by atoms with Crippen LogP contribution in [0, 0.1) is 10.1 Å². The lowest BCUT2D eigenvalue weighted by atomic mass is 10.3. The maximum absolute atomic E-state index is 12.9. The zero-order chi connectivity index (χ0) is 21.4. The average Bonchev–Trinajstić information content (AvgIpc) is 2.92. The fourth-order valence-corrected chi connectivity index (χ4v) is 5.85. The number of hydrogen-bond acceptors (Lipinski definition) is 8. The van der Waals surface area contributed by atoms with E-state index < -0.39 is 35.6 Å². The predicted molar refractivity (Wildman–Crippen MR) is 102 cm³/mol. The summed E-state index contributed by atoms with van der Waals surface area (Å²) in [6.07, 6.45) is 0.611. The average molecular weight is 463 g/mol. The molecule has 13 heteroatoms. The van der Waals surface area contributed by atoms with E-state index in [9.17, 15) is 26.9 Å². The largest absolute Gasteiger partial charge is 0.490 e. The number of ether oxygens (including phenoxy) is 2. The highest BCUT2D eigenvalue weighted by Crippen LogP contribution is 2.34. The minimum atomic E-state index is -4.64. The number of rotatable bonds is 5. The topological polar surface area (TPSA) is 133 Å². The number of nitro groups is 1. The van der Waals surface area contributed by atoms with Gasteiger partial charge in [-0.2, -0.15) is 0 Å². The van der Waals surface area contributed by atoms with Gasteiger partial charge in [0.25, 0.3) is 25.7 Å². The molecule has 2 aromatic carbocycles. The summed E-state index contributed by atoms with van der Waals surface area (Å²) in [6.45, 7) is 0.724. The van der Waals surface area contributed by atoms with Gasteiger partial charge in [0.15, 0.2) is 11.5 Å².